The molecule has 1 amide bonds. The van der Waals surface area contributed by atoms with Gasteiger partial charge in [-0.2, -0.15) is 0 Å². The number of benzene rings is 1. The summed E-state index contributed by atoms with van der Waals surface area (Å²) in [7, 11) is 0. The first-order chi connectivity index (χ1) is 10.7. The Morgan fingerprint density at radius 2 is 1.82 bits per heavy atom. The maximum Gasteiger partial charge on any atom is 0.226 e. The Morgan fingerprint density at radius 1 is 1.14 bits per heavy atom. The van der Waals surface area contributed by atoms with Crippen molar-refractivity contribution in [1.29, 1.82) is 0 Å². The Bertz CT molecular complexity index is 506. The van der Waals surface area contributed by atoms with Gasteiger partial charge in [0.1, 0.15) is 0 Å². The molecular formula is C18H26N2O2. The minimum absolute atomic E-state index is 0.0817. The number of allylic oxidation sites excluding steroid dienone is 1. The fourth-order valence-corrected chi connectivity index (χ4v) is 2.74. The lowest BCUT2D eigenvalue weighted by Gasteiger charge is -2.35. The molecule has 1 aromatic carbocycles. The third kappa shape index (κ3) is 4.68. The van der Waals surface area contributed by atoms with Gasteiger partial charge in [-0.05, 0) is 17.5 Å². The van der Waals surface area contributed by atoms with E-state index in [2.05, 4.69) is 17.9 Å². The van der Waals surface area contributed by atoms with E-state index in [0.29, 0.717) is 6.42 Å². The standard InChI is InChI=1S/C18H26N2O2/c1-2-3-4-9-18(22)20-12-10-19(11-13-20)14-16-7-5-6-8-17(16)15-21/h3-8,21H,2,9-15H2,1H3/b4-3+. The number of hydrogen-bond acceptors (Lipinski definition) is 3. The highest BCUT2D eigenvalue weighted by Crippen LogP contribution is 2.14. The number of aliphatic hydroxyl groups excluding tert-OH is 1. The smallest absolute Gasteiger partial charge is 0.226 e. The monoisotopic (exact) mass is 302 g/mol. The molecule has 0 spiro atoms. The molecule has 1 aliphatic rings. The second kappa shape index (κ2) is 8.71. The van der Waals surface area contributed by atoms with E-state index < -0.39 is 0 Å². The van der Waals surface area contributed by atoms with Crippen LogP contribution in [0.4, 0.5) is 0 Å². The first kappa shape index (κ1) is 16.7. The van der Waals surface area contributed by atoms with E-state index in [0.717, 1.165) is 44.7 Å². The number of piperazine rings is 1. The molecule has 0 bridgehead atoms. The Labute approximate surface area is 133 Å². The average Bonchev–Trinajstić information content (AvgIpc) is 2.56. The highest BCUT2D eigenvalue weighted by Gasteiger charge is 2.20. The molecule has 4 heteroatoms. The summed E-state index contributed by atoms with van der Waals surface area (Å²) < 4.78 is 0. The van der Waals surface area contributed by atoms with Crippen LogP contribution in [0.2, 0.25) is 0 Å². The van der Waals surface area contributed by atoms with Crippen LogP contribution in [0.1, 0.15) is 30.9 Å². The van der Waals surface area contributed by atoms with Crippen LogP contribution in [-0.2, 0) is 17.9 Å². The van der Waals surface area contributed by atoms with E-state index in [1.807, 2.05) is 35.3 Å². The molecule has 4 nitrogen and oxygen atoms in total. The molecule has 0 atom stereocenters. The molecule has 0 unspecified atom stereocenters. The Hall–Kier alpha value is -1.65. The minimum Gasteiger partial charge on any atom is -0.392 e. The summed E-state index contributed by atoms with van der Waals surface area (Å²) in [6.07, 6.45) is 5.50. The second-order valence-electron chi connectivity index (χ2n) is 5.67. The normalized spacial score (nSPS) is 16.4. The van der Waals surface area contributed by atoms with Crippen LogP contribution in [0.15, 0.2) is 36.4 Å². The third-order valence-corrected chi connectivity index (χ3v) is 4.10. The molecule has 1 heterocycles. The van der Waals surface area contributed by atoms with Crippen LogP contribution in [0, 0.1) is 0 Å². The maximum atomic E-state index is 12.1. The molecule has 1 saturated heterocycles. The SMILES string of the molecule is CC/C=C/CC(=O)N1CCN(Cc2ccccc2CO)CC1. The Balaban J connectivity index is 1.82. The summed E-state index contributed by atoms with van der Waals surface area (Å²) in [4.78, 5) is 16.4. The van der Waals surface area contributed by atoms with Crippen molar-refractivity contribution in [3.63, 3.8) is 0 Å². The van der Waals surface area contributed by atoms with Gasteiger partial charge in [-0.15, -0.1) is 0 Å². The lowest BCUT2D eigenvalue weighted by Crippen LogP contribution is -2.48. The maximum absolute atomic E-state index is 12.1. The van der Waals surface area contributed by atoms with Crippen molar-refractivity contribution in [1.82, 2.24) is 9.80 Å². The topological polar surface area (TPSA) is 43.8 Å². The van der Waals surface area contributed by atoms with Crippen LogP contribution in [0.5, 0.6) is 0 Å². The summed E-state index contributed by atoms with van der Waals surface area (Å²) >= 11 is 0. The second-order valence-corrected chi connectivity index (χ2v) is 5.67. The number of amides is 1. The van der Waals surface area contributed by atoms with Gasteiger partial charge in [0.25, 0.3) is 0 Å². The van der Waals surface area contributed by atoms with Gasteiger partial charge in [0.2, 0.25) is 5.91 Å². The molecular weight excluding hydrogens is 276 g/mol. The number of hydrogen-bond donors (Lipinski definition) is 1. The van der Waals surface area contributed by atoms with Gasteiger partial charge in [0.15, 0.2) is 0 Å². The highest BCUT2D eigenvalue weighted by molar-refractivity contribution is 5.77. The zero-order valence-electron chi connectivity index (χ0n) is 13.4. The third-order valence-electron chi connectivity index (χ3n) is 4.10. The van der Waals surface area contributed by atoms with Crippen LogP contribution < -0.4 is 0 Å². The molecule has 2 rings (SSSR count). The van der Waals surface area contributed by atoms with Crippen LogP contribution in [0.25, 0.3) is 0 Å². The van der Waals surface area contributed by atoms with Gasteiger partial charge >= 0.3 is 0 Å². The first-order valence-corrected chi connectivity index (χ1v) is 8.07. The number of rotatable bonds is 6. The molecule has 0 aromatic heterocycles. The average molecular weight is 302 g/mol. The van der Waals surface area contributed by atoms with Gasteiger partial charge in [0, 0.05) is 39.1 Å². The first-order valence-electron chi connectivity index (χ1n) is 8.07. The molecule has 1 N–H and O–H groups in total. The largest absolute Gasteiger partial charge is 0.392 e. The molecule has 1 fully saturated rings. The lowest BCUT2D eigenvalue weighted by atomic mass is 10.1. The number of carbonyl (C=O) groups excluding carboxylic acids is 1. The van der Waals surface area contributed by atoms with Gasteiger partial charge in [0.05, 0.1) is 6.61 Å². The van der Waals surface area contributed by atoms with Gasteiger partial charge in [-0.3, -0.25) is 9.69 Å². The Kier molecular flexibility index (Phi) is 6.62. The van der Waals surface area contributed by atoms with E-state index >= 15 is 0 Å². The van der Waals surface area contributed by atoms with Gasteiger partial charge < -0.3 is 10.0 Å². The minimum atomic E-state index is 0.0817. The fraction of sp³-hybridized carbons (Fsp3) is 0.500. The van der Waals surface area contributed by atoms with Crippen molar-refractivity contribution < 1.29 is 9.90 Å². The quantitative estimate of drug-likeness (QED) is 0.819. The van der Waals surface area contributed by atoms with Crippen LogP contribution >= 0.6 is 0 Å². The summed E-state index contributed by atoms with van der Waals surface area (Å²) in [5.41, 5.74) is 2.17. The number of nitrogens with zero attached hydrogens (tertiary/aromatic N) is 2. The lowest BCUT2D eigenvalue weighted by molar-refractivity contribution is -0.132. The molecule has 0 saturated carbocycles. The van der Waals surface area contributed by atoms with Crippen molar-refractivity contribution >= 4 is 5.91 Å². The summed E-state index contributed by atoms with van der Waals surface area (Å²) in [6.45, 7) is 6.36. The van der Waals surface area contributed by atoms with E-state index in [4.69, 9.17) is 0 Å². The molecule has 0 aliphatic carbocycles. The molecule has 1 aliphatic heterocycles. The van der Waals surface area contributed by atoms with Crippen molar-refractivity contribution in [2.75, 3.05) is 26.2 Å². The fourth-order valence-electron chi connectivity index (χ4n) is 2.74. The number of carbonyl (C=O) groups is 1. The zero-order chi connectivity index (χ0) is 15.8. The van der Waals surface area contributed by atoms with Gasteiger partial charge in [-0.1, -0.05) is 43.3 Å². The van der Waals surface area contributed by atoms with Crippen molar-refractivity contribution in [2.45, 2.75) is 32.9 Å². The van der Waals surface area contributed by atoms with Crippen molar-refractivity contribution in [3.8, 4) is 0 Å². The summed E-state index contributed by atoms with van der Waals surface area (Å²) in [6, 6.07) is 8.00. The molecule has 1 aromatic rings. The van der Waals surface area contributed by atoms with E-state index in [1.54, 1.807) is 0 Å². The van der Waals surface area contributed by atoms with Crippen LogP contribution in [0.3, 0.4) is 0 Å². The zero-order valence-corrected chi connectivity index (χ0v) is 13.4. The molecule has 0 radical (unpaired) electrons. The summed E-state index contributed by atoms with van der Waals surface area (Å²) in [5, 5.41) is 9.39. The molecule has 22 heavy (non-hydrogen) atoms. The number of aliphatic hydroxyl groups is 1. The van der Waals surface area contributed by atoms with Gasteiger partial charge in [-0.25, -0.2) is 0 Å². The Morgan fingerprint density at radius 3 is 2.45 bits per heavy atom. The van der Waals surface area contributed by atoms with E-state index in [9.17, 15) is 9.90 Å². The van der Waals surface area contributed by atoms with E-state index in [-0.39, 0.29) is 12.5 Å². The summed E-state index contributed by atoms with van der Waals surface area (Å²) in [5.74, 6) is 0.222. The van der Waals surface area contributed by atoms with Crippen molar-refractivity contribution in [2.24, 2.45) is 0 Å². The highest BCUT2D eigenvalue weighted by atomic mass is 16.3. The van der Waals surface area contributed by atoms with Crippen LogP contribution in [-0.4, -0.2) is 47.0 Å². The van der Waals surface area contributed by atoms with Crippen molar-refractivity contribution in [3.05, 3.63) is 47.5 Å². The predicted octanol–water partition coefficient (Wildman–Crippen LogP) is 2.18. The molecule has 120 valence electrons. The predicted molar refractivity (Wildman–Crippen MR) is 88.3 cm³/mol. The van der Waals surface area contributed by atoms with E-state index in [1.165, 1.54) is 5.56 Å².